The molecule has 1 fully saturated rings. The standard InChI is InChI=1S/C13H16O4/c1-3-17-11-5-4-8(6-12(11)16-2)9-7-10(9)13(14)15/h4-6,9-10H,3,7H2,1-2H3,(H,14,15). The number of carboxylic acids is 1. The van der Waals surface area contributed by atoms with Crippen LogP contribution >= 0.6 is 0 Å². The van der Waals surface area contributed by atoms with Crippen LogP contribution in [0, 0.1) is 5.92 Å². The van der Waals surface area contributed by atoms with Crippen molar-refractivity contribution in [1.29, 1.82) is 0 Å². The average molecular weight is 236 g/mol. The number of benzene rings is 1. The normalized spacial score (nSPS) is 22.0. The zero-order valence-corrected chi connectivity index (χ0v) is 9.97. The van der Waals surface area contributed by atoms with E-state index >= 15 is 0 Å². The van der Waals surface area contributed by atoms with Crippen LogP contribution < -0.4 is 9.47 Å². The van der Waals surface area contributed by atoms with E-state index in [1.54, 1.807) is 7.11 Å². The first kappa shape index (κ1) is 11.8. The number of carboxylic acid groups (broad SMARTS) is 1. The molecule has 0 radical (unpaired) electrons. The minimum absolute atomic E-state index is 0.122. The molecule has 0 saturated heterocycles. The van der Waals surface area contributed by atoms with Gasteiger partial charge in [0.25, 0.3) is 0 Å². The molecule has 1 aromatic carbocycles. The fraction of sp³-hybridized carbons (Fsp3) is 0.462. The van der Waals surface area contributed by atoms with Gasteiger partial charge in [-0.25, -0.2) is 0 Å². The van der Waals surface area contributed by atoms with Gasteiger partial charge in [0, 0.05) is 0 Å². The number of aliphatic carboxylic acids is 1. The fourth-order valence-electron chi connectivity index (χ4n) is 2.03. The molecule has 0 bridgehead atoms. The van der Waals surface area contributed by atoms with Crippen molar-refractivity contribution in [3.8, 4) is 11.5 Å². The molecule has 2 unspecified atom stereocenters. The van der Waals surface area contributed by atoms with Crippen molar-refractivity contribution in [2.45, 2.75) is 19.3 Å². The first-order valence-electron chi connectivity index (χ1n) is 5.71. The lowest BCUT2D eigenvalue weighted by molar-refractivity contribution is -0.138. The maximum atomic E-state index is 10.8. The largest absolute Gasteiger partial charge is 0.493 e. The summed E-state index contributed by atoms with van der Waals surface area (Å²) in [5, 5.41) is 8.89. The summed E-state index contributed by atoms with van der Waals surface area (Å²) in [7, 11) is 1.59. The summed E-state index contributed by atoms with van der Waals surface area (Å²) < 4.78 is 10.7. The number of methoxy groups -OCH3 is 1. The van der Waals surface area contributed by atoms with Crippen LogP contribution in [-0.2, 0) is 4.79 Å². The van der Waals surface area contributed by atoms with E-state index in [1.165, 1.54) is 0 Å². The predicted octanol–water partition coefficient (Wildman–Crippen LogP) is 2.28. The molecule has 4 nitrogen and oxygen atoms in total. The molecule has 0 aliphatic heterocycles. The van der Waals surface area contributed by atoms with Gasteiger partial charge in [0.15, 0.2) is 11.5 Å². The Balaban J connectivity index is 2.18. The van der Waals surface area contributed by atoms with Gasteiger partial charge < -0.3 is 14.6 Å². The molecule has 2 rings (SSSR count). The summed E-state index contributed by atoms with van der Waals surface area (Å²) in [6, 6.07) is 5.63. The average Bonchev–Trinajstić information content (AvgIpc) is 3.10. The Morgan fingerprint density at radius 3 is 2.76 bits per heavy atom. The lowest BCUT2D eigenvalue weighted by atomic mass is 10.1. The fourth-order valence-corrected chi connectivity index (χ4v) is 2.03. The highest BCUT2D eigenvalue weighted by Gasteiger charge is 2.44. The molecular formula is C13H16O4. The van der Waals surface area contributed by atoms with Gasteiger partial charge in [0.05, 0.1) is 19.6 Å². The molecule has 0 spiro atoms. The second-order valence-electron chi connectivity index (χ2n) is 4.13. The third kappa shape index (κ3) is 2.35. The van der Waals surface area contributed by atoms with Gasteiger partial charge in [0.2, 0.25) is 0 Å². The lowest BCUT2D eigenvalue weighted by Gasteiger charge is -2.10. The minimum Gasteiger partial charge on any atom is -0.493 e. The smallest absolute Gasteiger partial charge is 0.307 e. The van der Waals surface area contributed by atoms with Gasteiger partial charge in [-0.1, -0.05) is 6.07 Å². The summed E-state index contributed by atoms with van der Waals surface area (Å²) >= 11 is 0. The molecule has 0 amide bonds. The van der Waals surface area contributed by atoms with E-state index in [0.717, 1.165) is 5.56 Å². The molecule has 4 heteroatoms. The topological polar surface area (TPSA) is 55.8 Å². The Bertz CT molecular complexity index is 427. The van der Waals surface area contributed by atoms with Crippen molar-refractivity contribution in [1.82, 2.24) is 0 Å². The van der Waals surface area contributed by atoms with E-state index in [4.69, 9.17) is 14.6 Å². The Labute approximate surface area is 100 Å². The second-order valence-corrected chi connectivity index (χ2v) is 4.13. The molecule has 1 saturated carbocycles. The third-order valence-corrected chi connectivity index (χ3v) is 3.02. The molecule has 1 aromatic rings. The molecular weight excluding hydrogens is 220 g/mol. The van der Waals surface area contributed by atoms with Gasteiger partial charge in [-0.15, -0.1) is 0 Å². The van der Waals surface area contributed by atoms with Crippen molar-refractivity contribution >= 4 is 5.97 Å². The molecule has 92 valence electrons. The van der Waals surface area contributed by atoms with Gasteiger partial charge >= 0.3 is 5.97 Å². The van der Waals surface area contributed by atoms with Gasteiger partial charge in [-0.3, -0.25) is 4.79 Å². The quantitative estimate of drug-likeness (QED) is 0.852. The molecule has 1 N–H and O–H groups in total. The van der Waals surface area contributed by atoms with E-state index < -0.39 is 5.97 Å². The summed E-state index contributed by atoms with van der Waals surface area (Å²) in [6.07, 6.45) is 0.715. The number of rotatable bonds is 5. The molecule has 1 aliphatic carbocycles. The number of carbonyl (C=O) groups is 1. The van der Waals surface area contributed by atoms with Gasteiger partial charge in [0.1, 0.15) is 0 Å². The van der Waals surface area contributed by atoms with Crippen LogP contribution in [0.25, 0.3) is 0 Å². The Morgan fingerprint density at radius 1 is 1.47 bits per heavy atom. The SMILES string of the molecule is CCOc1ccc(C2CC2C(=O)O)cc1OC. The summed E-state index contributed by atoms with van der Waals surface area (Å²) in [6.45, 7) is 2.49. The summed E-state index contributed by atoms with van der Waals surface area (Å²) in [4.78, 5) is 10.8. The van der Waals surface area contributed by atoms with E-state index in [-0.39, 0.29) is 11.8 Å². The Morgan fingerprint density at radius 2 is 2.24 bits per heavy atom. The zero-order valence-electron chi connectivity index (χ0n) is 9.97. The van der Waals surface area contributed by atoms with Crippen molar-refractivity contribution in [3.63, 3.8) is 0 Å². The molecule has 1 aliphatic rings. The van der Waals surface area contributed by atoms with E-state index in [9.17, 15) is 4.79 Å². The first-order valence-corrected chi connectivity index (χ1v) is 5.71. The van der Waals surface area contributed by atoms with Crippen LogP contribution in [0.1, 0.15) is 24.8 Å². The monoisotopic (exact) mass is 236 g/mol. The first-order chi connectivity index (χ1) is 8.17. The number of hydrogen-bond acceptors (Lipinski definition) is 3. The van der Waals surface area contributed by atoms with E-state index in [2.05, 4.69) is 0 Å². The molecule has 2 atom stereocenters. The van der Waals surface area contributed by atoms with E-state index in [0.29, 0.717) is 24.5 Å². The van der Waals surface area contributed by atoms with Crippen LogP contribution in [0.4, 0.5) is 0 Å². The summed E-state index contributed by atoms with van der Waals surface area (Å²) in [5.41, 5.74) is 1.01. The number of ether oxygens (including phenoxy) is 2. The van der Waals surface area contributed by atoms with Crippen LogP contribution in [0.15, 0.2) is 18.2 Å². The van der Waals surface area contributed by atoms with Crippen molar-refractivity contribution in [3.05, 3.63) is 23.8 Å². The maximum Gasteiger partial charge on any atom is 0.307 e. The van der Waals surface area contributed by atoms with Crippen LogP contribution in [0.3, 0.4) is 0 Å². The highest BCUT2D eigenvalue weighted by Crippen LogP contribution is 2.49. The highest BCUT2D eigenvalue weighted by molar-refractivity contribution is 5.75. The lowest BCUT2D eigenvalue weighted by Crippen LogP contribution is -2.00. The maximum absolute atomic E-state index is 10.8. The van der Waals surface area contributed by atoms with Crippen molar-refractivity contribution in [2.75, 3.05) is 13.7 Å². The van der Waals surface area contributed by atoms with Crippen LogP contribution in [-0.4, -0.2) is 24.8 Å². The van der Waals surface area contributed by atoms with Gasteiger partial charge in [-0.2, -0.15) is 0 Å². The zero-order chi connectivity index (χ0) is 12.4. The van der Waals surface area contributed by atoms with Crippen LogP contribution in [0.2, 0.25) is 0 Å². The van der Waals surface area contributed by atoms with Crippen molar-refractivity contribution < 1.29 is 19.4 Å². The second kappa shape index (κ2) is 4.65. The van der Waals surface area contributed by atoms with Crippen LogP contribution in [0.5, 0.6) is 11.5 Å². The molecule has 0 heterocycles. The third-order valence-electron chi connectivity index (χ3n) is 3.02. The molecule has 17 heavy (non-hydrogen) atoms. The molecule has 0 aromatic heterocycles. The Hall–Kier alpha value is -1.71. The predicted molar refractivity (Wildman–Crippen MR) is 62.6 cm³/mol. The van der Waals surface area contributed by atoms with E-state index in [1.807, 2.05) is 25.1 Å². The van der Waals surface area contributed by atoms with Crippen molar-refractivity contribution in [2.24, 2.45) is 5.92 Å². The number of hydrogen-bond donors (Lipinski definition) is 1. The minimum atomic E-state index is -0.720. The van der Waals surface area contributed by atoms with Gasteiger partial charge in [-0.05, 0) is 37.0 Å². The summed E-state index contributed by atoms with van der Waals surface area (Å²) in [5.74, 6) is 0.532. The Kier molecular flexibility index (Phi) is 3.22. The highest BCUT2D eigenvalue weighted by atomic mass is 16.5.